The van der Waals surface area contributed by atoms with Crippen molar-refractivity contribution in [3.8, 4) is 11.4 Å². The molecule has 0 aliphatic carbocycles. The highest BCUT2D eigenvalue weighted by molar-refractivity contribution is 6.30. The molecule has 0 saturated carbocycles. The summed E-state index contributed by atoms with van der Waals surface area (Å²) in [5.41, 5.74) is 0.801. The molecule has 9 heteroatoms. The molecule has 138 valence electrons. The lowest BCUT2D eigenvalue weighted by Crippen LogP contribution is -2.45. The number of amides is 2. The van der Waals surface area contributed by atoms with Gasteiger partial charge in [0.1, 0.15) is 0 Å². The zero-order valence-corrected chi connectivity index (χ0v) is 14.8. The Morgan fingerprint density at radius 1 is 1.27 bits per heavy atom. The molecule has 0 radical (unpaired) electrons. The number of piperidine rings is 1. The van der Waals surface area contributed by atoms with Gasteiger partial charge in [-0.3, -0.25) is 4.79 Å². The number of carbonyl (C=O) groups is 2. The first-order valence-corrected chi connectivity index (χ1v) is 8.75. The van der Waals surface area contributed by atoms with E-state index >= 15 is 0 Å². The van der Waals surface area contributed by atoms with E-state index < -0.39 is 5.97 Å². The molecular formula is C17H19ClN4O4. The number of aliphatic carboxylic acids is 1. The van der Waals surface area contributed by atoms with E-state index in [1.165, 1.54) is 0 Å². The highest BCUT2D eigenvalue weighted by atomic mass is 35.5. The Morgan fingerprint density at radius 3 is 2.62 bits per heavy atom. The van der Waals surface area contributed by atoms with Crippen molar-refractivity contribution in [1.82, 2.24) is 20.4 Å². The molecule has 1 aliphatic heterocycles. The molecule has 2 heterocycles. The Morgan fingerprint density at radius 2 is 1.96 bits per heavy atom. The number of halogens is 1. The van der Waals surface area contributed by atoms with Gasteiger partial charge in [-0.25, -0.2) is 4.79 Å². The van der Waals surface area contributed by atoms with Crippen LogP contribution in [0.5, 0.6) is 0 Å². The SMILES string of the molecule is O=C(O)C1CCN(C(=O)NCCc2nc(-c3ccc(Cl)cc3)no2)CC1. The number of nitrogens with one attached hydrogen (secondary N) is 1. The molecule has 1 aromatic carbocycles. The van der Waals surface area contributed by atoms with Gasteiger partial charge in [0.05, 0.1) is 5.92 Å². The number of carboxylic acids is 1. The van der Waals surface area contributed by atoms with E-state index in [2.05, 4.69) is 15.5 Å². The second-order valence-electron chi connectivity index (χ2n) is 6.10. The third kappa shape index (κ3) is 4.51. The molecule has 2 N–H and O–H groups in total. The first-order chi connectivity index (χ1) is 12.5. The molecule has 1 saturated heterocycles. The van der Waals surface area contributed by atoms with E-state index in [0.29, 0.717) is 55.6 Å². The highest BCUT2D eigenvalue weighted by Gasteiger charge is 2.26. The van der Waals surface area contributed by atoms with Gasteiger partial charge < -0.3 is 19.8 Å². The number of hydrogen-bond donors (Lipinski definition) is 2. The summed E-state index contributed by atoms with van der Waals surface area (Å²) in [6.07, 6.45) is 1.38. The van der Waals surface area contributed by atoms with Crippen LogP contribution < -0.4 is 5.32 Å². The summed E-state index contributed by atoms with van der Waals surface area (Å²) < 4.78 is 5.19. The van der Waals surface area contributed by atoms with Gasteiger partial charge in [0.25, 0.3) is 0 Å². The first kappa shape index (κ1) is 18.2. The third-order valence-electron chi connectivity index (χ3n) is 4.32. The molecule has 3 rings (SSSR count). The monoisotopic (exact) mass is 378 g/mol. The average Bonchev–Trinajstić information content (AvgIpc) is 3.11. The Hall–Kier alpha value is -2.61. The van der Waals surface area contributed by atoms with Crippen molar-refractivity contribution in [2.75, 3.05) is 19.6 Å². The van der Waals surface area contributed by atoms with Crippen LogP contribution >= 0.6 is 11.6 Å². The van der Waals surface area contributed by atoms with Crippen molar-refractivity contribution in [2.24, 2.45) is 5.92 Å². The van der Waals surface area contributed by atoms with Gasteiger partial charge in [-0.15, -0.1) is 0 Å². The van der Waals surface area contributed by atoms with Gasteiger partial charge in [0, 0.05) is 36.6 Å². The van der Waals surface area contributed by atoms with E-state index in [9.17, 15) is 9.59 Å². The van der Waals surface area contributed by atoms with Crippen molar-refractivity contribution < 1.29 is 19.2 Å². The molecule has 1 aromatic heterocycles. The maximum atomic E-state index is 12.1. The van der Waals surface area contributed by atoms with Crippen molar-refractivity contribution >= 4 is 23.6 Å². The maximum absolute atomic E-state index is 12.1. The number of urea groups is 1. The lowest BCUT2D eigenvalue weighted by molar-refractivity contribution is -0.143. The predicted octanol–water partition coefficient (Wildman–Crippen LogP) is 2.44. The summed E-state index contributed by atoms with van der Waals surface area (Å²) >= 11 is 5.85. The summed E-state index contributed by atoms with van der Waals surface area (Å²) in [6, 6.07) is 6.91. The predicted molar refractivity (Wildman–Crippen MR) is 93.8 cm³/mol. The lowest BCUT2D eigenvalue weighted by Gasteiger charge is -2.30. The van der Waals surface area contributed by atoms with Crippen LogP contribution in [-0.2, 0) is 11.2 Å². The highest BCUT2D eigenvalue weighted by Crippen LogP contribution is 2.19. The van der Waals surface area contributed by atoms with Gasteiger partial charge >= 0.3 is 12.0 Å². The van der Waals surface area contributed by atoms with Crippen molar-refractivity contribution in [1.29, 1.82) is 0 Å². The van der Waals surface area contributed by atoms with Crippen LogP contribution in [0.25, 0.3) is 11.4 Å². The Balaban J connectivity index is 1.44. The van der Waals surface area contributed by atoms with Crippen molar-refractivity contribution in [3.63, 3.8) is 0 Å². The minimum atomic E-state index is -0.794. The van der Waals surface area contributed by atoms with Crippen LogP contribution in [-0.4, -0.2) is 51.8 Å². The number of carboxylic acid groups (broad SMARTS) is 1. The molecule has 0 atom stereocenters. The molecule has 2 amide bonds. The summed E-state index contributed by atoms with van der Waals surface area (Å²) in [5.74, 6) is -0.250. The Labute approximate surface area is 155 Å². The minimum absolute atomic E-state index is 0.203. The zero-order chi connectivity index (χ0) is 18.5. The van der Waals surface area contributed by atoms with E-state index in [1.54, 1.807) is 29.2 Å². The van der Waals surface area contributed by atoms with Crippen LogP contribution in [0.2, 0.25) is 5.02 Å². The topological polar surface area (TPSA) is 109 Å². The molecule has 8 nitrogen and oxygen atoms in total. The molecule has 1 aliphatic rings. The van der Waals surface area contributed by atoms with E-state index in [0.717, 1.165) is 5.56 Å². The van der Waals surface area contributed by atoms with Crippen LogP contribution in [0.4, 0.5) is 4.79 Å². The minimum Gasteiger partial charge on any atom is -0.481 e. The largest absolute Gasteiger partial charge is 0.481 e. The van der Waals surface area contributed by atoms with Crippen LogP contribution in [0.1, 0.15) is 18.7 Å². The van der Waals surface area contributed by atoms with Gasteiger partial charge in [-0.05, 0) is 37.1 Å². The summed E-state index contributed by atoms with van der Waals surface area (Å²) in [7, 11) is 0. The Bertz CT molecular complexity index is 769. The standard InChI is InChI=1S/C17H19ClN4O4/c18-13-3-1-11(2-4-13)15-20-14(26-21-15)5-8-19-17(25)22-9-6-12(7-10-22)16(23)24/h1-4,12H,5-10H2,(H,19,25)(H,23,24). The van der Waals surface area contributed by atoms with E-state index in [1.807, 2.05) is 0 Å². The molecule has 0 spiro atoms. The lowest BCUT2D eigenvalue weighted by atomic mass is 9.97. The van der Waals surface area contributed by atoms with Crippen LogP contribution in [0.3, 0.4) is 0 Å². The number of benzene rings is 1. The van der Waals surface area contributed by atoms with Crippen LogP contribution in [0, 0.1) is 5.92 Å². The van der Waals surface area contributed by atoms with Gasteiger partial charge in [-0.1, -0.05) is 16.8 Å². The number of likely N-dealkylation sites (tertiary alicyclic amines) is 1. The second-order valence-corrected chi connectivity index (χ2v) is 6.54. The quantitative estimate of drug-likeness (QED) is 0.827. The maximum Gasteiger partial charge on any atom is 0.317 e. The zero-order valence-electron chi connectivity index (χ0n) is 14.0. The first-order valence-electron chi connectivity index (χ1n) is 8.37. The number of carbonyl (C=O) groups excluding carboxylic acids is 1. The van der Waals surface area contributed by atoms with Crippen LogP contribution in [0.15, 0.2) is 28.8 Å². The van der Waals surface area contributed by atoms with E-state index in [4.69, 9.17) is 21.2 Å². The summed E-state index contributed by atoms with van der Waals surface area (Å²) in [6.45, 7) is 1.26. The number of rotatable bonds is 5. The number of nitrogens with zero attached hydrogens (tertiary/aromatic N) is 3. The molecule has 2 aromatic rings. The third-order valence-corrected chi connectivity index (χ3v) is 4.57. The number of hydrogen-bond acceptors (Lipinski definition) is 5. The Kier molecular flexibility index (Phi) is 5.72. The second kappa shape index (κ2) is 8.18. The fourth-order valence-electron chi connectivity index (χ4n) is 2.79. The van der Waals surface area contributed by atoms with Gasteiger partial charge in [-0.2, -0.15) is 4.98 Å². The normalized spacial score (nSPS) is 15.0. The average molecular weight is 379 g/mol. The summed E-state index contributed by atoms with van der Waals surface area (Å²) in [5, 5.41) is 16.3. The smallest absolute Gasteiger partial charge is 0.317 e. The molecular weight excluding hydrogens is 360 g/mol. The molecule has 1 fully saturated rings. The van der Waals surface area contributed by atoms with Crippen molar-refractivity contribution in [3.05, 3.63) is 35.2 Å². The molecule has 0 unspecified atom stereocenters. The fraction of sp³-hybridized carbons (Fsp3) is 0.412. The number of aromatic nitrogens is 2. The molecule has 26 heavy (non-hydrogen) atoms. The molecule has 0 bridgehead atoms. The van der Waals surface area contributed by atoms with Crippen molar-refractivity contribution in [2.45, 2.75) is 19.3 Å². The summed E-state index contributed by atoms with van der Waals surface area (Å²) in [4.78, 5) is 29.0. The van der Waals surface area contributed by atoms with Gasteiger partial charge in [0.2, 0.25) is 11.7 Å². The van der Waals surface area contributed by atoms with E-state index in [-0.39, 0.29) is 11.9 Å². The fourth-order valence-corrected chi connectivity index (χ4v) is 2.92. The van der Waals surface area contributed by atoms with Gasteiger partial charge in [0.15, 0.2) is 0 Å².